The first-order valence-electron chi connectivity index (χ1n) is 14.6. The van der Waals surface area contributed by atoms with Crippen molar-refractivity contribution in [1.29, 1.82) is 0 Å². The summed E-state index contributed by atoms with van der Waals surface area (Å²) in [4.78, 5) is 46.2. The van der Waals surface area contributed by atoms with Crippen LogP contribution in [0.15, 0.2) is 72.9 Å². The zero-order chi connectivity index (χ0) is 35.2. The van der Waals surface area contributed by atoms with Gasteiger partial charge >= 0.3 is 12.1 Å². The molecule has 6 rings (SSSR count). The van der Waals surface area contributed by atoms with Gasteiger partial charge < -0.3 is 19.7 Å². The smallest absolute Gasteiger partial charge is 0.416 e. The molecule has 1 N–H and O–H groups in total. The molecule has 5 aromatic rings. The molecule has 1 aliphatic heterocycles. The minimum Gasteiger partial charge on any atom is -0.497 e. The van der Waals surface area contributed by atoms with Gasteiger partial charge in [-0.15, -0.1) is 0 Å². The van der Waals surface area contributed by atoms with Crippen molar-refractivity contribution in [3.8, 4) is 5.75 Å². The summed E-state index contributed by atoms with van der Waals surface area (Å²) in [5.74, 6) is -4.06. The Balaban J connectivity index is 1.57. The van der Waals surface area contributed by atoms with E-state index in [4.69, 9.17) is 21.1 Å². The summed E-state index contributed by atoms with van der Waals surface area (Å²) in [6.45, 7) is 1.54. The number of anilines is 1. The first-order valence-corrected chi connectivity index (χ1v) is 15.0. The highest BCUT2D eigenvalue weighted by Crippen LogP contribution is 2.46. The minimum absolute atomic E-state index is 0.0175. The standard InChI is InChI=1S/C34H24ClF5N4O5/c1-3-49-33(47)26-16-43-27(41-26)14-25(42-31(45)18-10-19(34(38,39)40)12-21(37)11-18)28-29(23-13-20(36)6-9-24(23)35)44(32(46)30(28)43)15-17-4-7-22(48-2)8-5-17/h4-14,16,29H,3,15H2,1-2H3,(H,42,45). The molecular weight excluding hydrogens is 675 g/mol. The van der Waals surface area contributed by atoms with Crippen LogP contribution in [0.3, 0.4) is 0 Å². The molecule has 1 atom stereocenters. The number of halogens is 6. The fourth-order valence-electron chi connectivity index (χ4n) is 5.67. The number of alkyl halides is 3. The van der Waals surface area contributed by atoms with Crippen LogP contribution in [0.4, 0.5) is 27.6 Å². The second-order valence-corrected chi connectivity index (χ2v) is 11.3. The summed E-state index contributed by atoms with van der Waals surface area (Å²) in [5.41, 5.74) is -1.71. The molecule has 3 heterocycles. The number of nitrogens with zero attached hydrogens (tertiary/aromatic N) is 3. The van der Waals surface area contributed by atoms with Crippen molar-refractivity contribution in [1.82, 2.24) is 14.3 Å². The van der Waals surface area contributed by atoms with E-state index >= 15 is 0 Å². The third-order valence-corrected chi connectivity index (χ3v) is 8.17. The van der Waals surface area contributed by atoms with Crippen LogP contribution in [-0.2, 0) is 17.5 Å². The lowest BCUT2D eigenvalue weighted by atomic mass is 9.97. The number of hydrogen-bond acceptors (Lipinski definition) is 6. The fourth-order valence-corrected chi connectivity index (χ4v) is 5.89. The molecule has 0 aliphatic carbocycles. The Morgan fingerprint density at radius 2 is 1.73 bits per heavy atom. The summed E-state index contributed by atoms with van der Waals surface area (Å²) in [5, 5.41) is 2.56. The molecule has 9 nitrogen and oxygen atoms in total. The molecule has 1 aliphatic rings. The summed E-state index contributed by atoms with van der Waals surface area (Å²) in [6, 6.07) is 11.7. The number of aromatic nitrogens is 2. The maximum absolute atomic E-state index is 14.8. The quantitative estimate of drug-likeness (QED) is 0.133. The number of pyridine rings is 1. The summed E-state index contributed by atoms with van der Waals surface area (Å²) >= 11 is 6.59. The average Bonchev–Trinajstić information content (AvgIpc) is 3.61. The lowest BCUT2D eigenvalue weighted by molar-refractivity contribution is -0.137. The van der Waals surface area contributed by atoms with Crippen molar-refractivity contribution >= 4 is 40.7 Å². The SMILES string of the molecule is CCOC(=O)c1cn2c3c(c(NC(=O)c4cc(F)cc(C(F)(F)F)c4)cc2n1)C(c1cc(F)ccc1Cl)N(Cc1ccc(OC)cc1)C3=O. The summed E-state index contributed by atoms with van der Waals surface area (Å²) < 4.78 is 81.2. The van der Waals surface area contributed by atoms with Crippen molar-refractivity contribution in [2.45, 2.75) is 25.7 Å². The van der Waals surface area contributed by atoms with Gasteiger partial charge in [-0.2, -0.15) is 13.2 Å². The number of rotatable bonds is 8. The topological polar surface area (TPSA) is 102 Å². The number of fused-ring (bicyclic) bond motifs is 3. The van der Waals surface area contributed by atoms with Gasteiger partial charge in [0.15, 0.2) is 5.69 Å². The molecule has 0 radical (unpaired) electrons. The van der Waals surface area contributed by atoms with Crippen molar-refractivity contribution in [2.75, 3.05) is 19.0 Å². The number of ether oxygens (including phenoxy) is 2. The number of nitrogens with one attached hydrogen (secondary N) is 1. The Morgan fingerprint density at radius 3 is 2.41 bits per heavy atom. The molecular formula is C34H24ClF5N4O5. The summed E-state index contributed by atoms with van der Waals surface area (Å²) in [6.07, 6.45) is -3.69. The third kappa shape index (κ3) is 6.38. The number of carbonyl (C=O) groups excluding carboxylic acids is 3. The molecule has 0 spiro atoms. The van der Waals surface area contributed by atoms with Gasteiger partial charge in [-0.25, -0.2) is 18.6 Å². The molecule has 252 valence electrons. The van der Waals surface area contributed by atoms with Gasteiger partial charge in [0.25, 0.3) is 11.8 Å². The van der Waals surface area contributed by atoms with Crippen LogP contribution in [-0.4, -0.2) is 45.8 Å². The molecule has 0 saturated heterocycles. The number of methoxy groups -OCH3 is 1. The molecule has 2 aromatic heterocycles. The van der Waals surface area contributed by atoms with Crippen LogP contribution in [0.25, 0.3) is 5.65 Å². The zero-order valence-electron chi connectivity index (χ0n) is 25.6. The molecule has 0 saturated carbocycles. The van der Waals surface area contributed by atoms with Crippen molar-refractivity contribution in [2.24, 2.45) is 0 Å². The second kappa shape index (κ2) is 12.8. The monoisotopic (exact) mass is 698 g/mol. The van der Waals surface area contributed by atoms with E-state index in [-0.39, 0.29) is 58.1 Å². The van der Waals surface area contributed by atoms with E-state index in [1.54, 1.807) is 31.2 Å². The van der Waals surface area contributed by atoms with Crippen LogP contribution < -0.4 is 10.1 Å². The van der Waals surface area contributed by atoms with Gasteiger partial charge in [0, 0.05) is 40.5 Å². The molecule has 2 amide bonds. The molecule has 15 heteroatoms. The van der Waals surface area contributed by atoms with Gasteiger partial charge in [-0.1, -0.05) is 23.7 Å². The molecule has 49 heavy (non-hydrogen) atoms. The Hall–Kier alpha value is -5.50. The maximum Gasteiger partial charge on any atom is 0.416 e. The predicted octanol–water partition coefficient (Wildman–Crippen LogP) is 7.47. The van der Waals surface area contributed by atoms with E-state index in [0.717, 1.165) is 12.1 Å². The van der Waals surface area contributed by atoms with Gasteiger partial charge in [0.1, 0.15) is 28.7 Å². The van der Waals surface area contributed by atoms with Crippen molar-refractivity contribution in [3.63, 3.8) is 0 Å². The third-order valence-electron chi connectivity index (χ3n) is 7.83. The van der Waals surface area contributed by atoms with Gasteiger partial charge in [-0.05, 0) is 61.0 Å². The van der Waals surface area contributed by atoms with Crippen LogP contribution in [0.1, 0.15) is 66.6 Å². The van der Waals surface area contributed by atoms with Crippen LogP contribution in [0.2, 0.25) is 5.02 Å². The fraction of sp³-hybridized carbons (Fsp3) is 0.176. The Bertz CT molecular complexity index is 2130. The second-order valence-electron chi connectivity index (χ2n) is 10.9. The number of carbonyl (C=O) groups is 3. The van der Waals surface area contributed by atoms with E-state index in [1.807, 2.05) is 0 Å². The van der Waals surface area contributed by atoms with Gasteiger partial charge in [0.05, 0.1) is 31.0 Å². The van der Waals surface area contributed by atoms with E-state index in [9.17, 15) is 36.3 Å². The zero-order valence-corrected chi connectivity index (χ0v) is 26.3. The van der Waals surface area contributed by atoms with E-state index in [0.29, 0.717) is 23.4 Å². The molecule has 1 unspecified atom stereocenters. The van der Waals surface area contributed by atoms with Gasteiger partial charge in [-0.3, -0.25) is 14.0 Å². The van der Waals surface area contributed by atoms with Crippen molar-refractivity contribution in [3.05, 3.63) is 129 Å². The van der Waals surface area contributed by atoms with E-state index in [1.165, 1.54) is 34.7 Å². The number of benzene rings is 3. The van der Waals surface area contributed by atoms with E-state index in [2.05, 4.69) is 10.3 Å². The lowest BCUT2D eigenvalue weighted by Crippen LogP contribution is -2.29. The maximum atomic E-state index is 14.8. The van der Waals surface area contributed by atoms with Crippen molar-refractivity contribution < 1.29 is 45.8 Å². The predicted molar refractivity (Wildman–Crippen MR) is 167 cm³/mol. The molecule has 3 aromatic carbocycles. The first kappa shape index (κ1) is 33.4. The highest BCUT2D eigenvalue weighted by Gasteiger charge is 2.43. The minimum atomic E-state index is -4.95. The first-order chi connectivity index (χ1) is 23.3. The number of esters is 1. The van der Waals surface area contributed by atoms with E-state index < -0.39 is 52.8 Å². The van der Waals surface area contributed by atoms with Crippen LogP contribution >= 0.6 is 11.6 Å². The molecule has 0 bridgehead atoms. The normalized spacial score (nSPS) is 14.2. The highest BCUT2D eigenvalue weighted by atomic mass is 35.5. The van der Waals surface area contributed by atoms with Crippen LogP contribution in [0, 0.1) is 11.6 Å². The number of imidazole rings is 1. The van der Waals surface area contributed by atoms with Gasteiger partial charge in [0.2, 0.25) is 0 Å². The Morgan fingerprint density at radius 1 is 1.00 bits per heavy atom. The van der Waals surface area contributed by atoms with Crippen LogP contribution in [0.5, 0.6) is 5.75 Å². The largest absolute Gasteiger partial charge is 0.497 e. The highest BCUT2D eigenvalue weighted by molar-refractivity contribution is 6.31. The Labute approximate surface area is 279 Å². The average molecular weight is 699 g/mol. The lowest BCUT2D eigenvalue weighted by Gasteiger charge is -2.27. The molecule has 0 fully saturated rings. The Kier molecular flexibility index (Phi) is 8.75. The number of hydrogen-bond donors (Lipinski definition) is 1. The summed E-state index contributed by atoms with van der Waals surface area (Å²) in [7, 11) is 1.49. The number of amides is 2.